The minimum atomic E-state index is -0.495. The van der Waals surface area contributed by atoms with Gasteiger partial charge >= 0.3 is 0 Å². The lowest BCUT2D eigenvalue weighted by molar-refractivity contribution is -0.384. The lowest BCUT2D eigenvalue weighted by Gasteiger charge is -2.07. The number of hydrogen-bond acceptors (Lipinski definition) is 5. The molecule has 0 atom stereocenters. The first-order chi connectivity index (χ1) is 13.0. The molecule has 0 unspecified atom stereocenters. The molecular weight excluding hydrogens is 370 g/mol. The second-order valence-corrected chi connectivity index (χ2v) is 6.28. The van der Waals surface area contributed by atoms with Gasteiger partial charge in [0.25, 0.3) is 11.2 Å². The van der Waals surface area contributed by atoms with Crippen molar-refractivity contribution in [1.82, 2.24) is 19.3 Å². The van der Waals surface area contributed by atoms with E-state index in [0.717, 1.165) is 5.56 Å². The van der Waals surface area contributed by atoms with Gasteiger partial charge in [0.1, 0.15) is 17.4 Å². The SMILES string of the molecule is O=c1c2cnn(-c3ccccc3[N+](=O)[O-])c2ncn1Cc1ccc(Cl)cc1. The summed E-state index contributed by atoms with van der Waals surface area (Å²) in [6, 6.07) is 13.3. The van der Waals surface area contributed by atoms with Crippen LogP contribution in [-0.4, -0.2) is 24.3 Å². The Balaban J connectivity index is 1.80. The van der Waals surface area contributed by atoms with Crippen molar-refractivity contribution >= 4 is 28.3 Å². The van der Waals surface area contributed by atoms with E-state index in [0.29, 0.717) is 11.6 Å². The molecule has 0 aliphatic rings. The van der Waals surface area contributed by atoms with Crippen LogP contribution in [0.1, 0.15) is 5.56 Å². The molecule has 2 aromatic heterocycles. The van der Waals surface area contributed by atoms with E-state index in [9.17, 15) is 14.9 Å². The minimum Gasteiger partial charge on any atom is -0.294 e. The van der Waals surface area contributed by atoms with E-state index in [1.54, 1.807) is 30.3 Å². The quantitative estimate of drug-likeness (QED) is 0.399. The molecule has 0 saturated carbocycles. The predicted molar refractivity (Wildman–Crippen MR) is 100 cm³/mol. The number of fused-ring (bicyclic) bond motifs is 1. The van der Waals surface area contributed by atoms with Crippen LogP contribution in [0.25, 0.3) is 16.7 Å². The predicted octanol–water partition coefficient (Wildman–Crippen LogP) is 3.19. The van der Waals surface area contributed by atoms with Crippen molar-refractivity contribution in [3.63, 3.8) is 0 Å². The normalized spacial score (nSPS) is 11.0. The van der Waals surface area contributed by atoms with E-state index in [4.69, 9.17) is 11.6 Å². The Morgan fingerprint density at radius 3 is 2.59 bits per heavy atom. The van der Waals surface area contributed by atoms with Crippen LogP contribution in [0.3, 0.4) is 0 Å². The molecule has 0 aliphatic carbocycles. The molecule has 4 aromatic rings. The van der Waals surface area contributed by atoms with Crippen molar-refractivity contribution in [2.45, 2.75) is 6.54 Å². The third kappa shape index (κ3) is 3.06. The van der Waals surface area contributed by atoms with E-state index in [2.05, 4.69) is 10.1 Å². The number of benzene rings is 2. The molecule has 0 N–H and O–H groups in total. The first-order valence-corrected chi connectivity index (χ1v) is 8.34. The smallest absolute Gasteiger partial charge is 0.294 e. The minimum absolute atomic E-state index is 0.116. The molecule has 134 valence electrons. The van der Waals surface area contributed by atoms with Gasteiger partial charge in [-0.25, -0.2) is 9.67 Å². The van der Waals surface area contributed by atoms with E-state index in [1.807, 2.05) is 12.1 Å². The van der Waals surface area contributed by atoms with Gasteiger partial charge in [0, 0.05) is 11.1 Å². The molecule has 0 fully saturated rings. The van der Waals surface area contributed by atoms with Crippen LogP contribution in [0.15, 0.2) is 65.8 Å². The first-order valence-electron chi connectivity index (χ1n) is 7.96. The van der Waals surface area contributed by atoms with Crippen LogP contribution in [0.5, 0.6) is 0 Å². The summed E-state index contributed by atoms with van der Waals surface area (Å²) in [5.41, 5.74) is 1.02. The van der Waals surface area contributed by atoms with Crippen molar-refractivity contribution < 1.29 is 4.92 Å². The van der Waals surface area contributed by atoms with Crippen molar-refractivity contribution in [3.05, 3.63) is 92.1 Å². The highest BCUT2D eigenvalue weighted by Crippen LogP contribution is 2.24. The van der Waals surface area contributed by atoms with Gasteiger partial charge in [-0.15, -0.1) is 0 Å². The Morgan fingerprint density at radius 1 is 1.11 bits per heavy atom. The molecule has 2 heterocycles. The van der Waals surface area contributed by atoms with Crippen molar-refractivity contribution in [1.29, 1.82) is 0 Å². The van der Waals surface area contributed by atoms with Gasteiger partial charge in [0.15, 0.2) is 5.65 Å². The van der Waals surface area contributed by atoms with E-state index >= 15 is 0 Å². The summed E-state index contributed by atoms with van der Waals surface area (Å²) in [6.45, 7) is 0.329. The molecule has 0 amide bonds. The topological polar surface area (TPSA) is 95.8 Å². The number of aromatic nitrogens is 4. The third-order valence-corrected chi connectivity index (χ3v) is 4.38. The maximum Gasteiger partial charge on any atom is 0.294 e. The van der Waals surface area contributed by atoms with Crippen LogP contribution in [-0.2, 0) is 6.54 Å². The highest BCUT2D eigenvalue weighted by molar-refractivity contribution is 6.30. The zero-order valence-corrected chi connectivity index (χ0v) is 14.6. The number of halogens is 1. The summed E-state index contributed by atoms with van der Waals surface area (Å²) in [4.78, 5) is 27.9. The lowest BCUT2D eigenvalue weighted by Crippen LogP contribution is -2.21. The largest absolute Gasteiger partial charge is 0.294 e. The molecule has 8 nitrogen and oxygen atoms in total. The van der Waals surface area contributed by atoms with Crippen molar-refractivity contribution in [2.75, 3.05) is 0 Å². The fourth-order valence-electron chi connectivity index (χ4n) is 2.82. The van der Waals surface area contributed by atoms with E-state index < -0.39 is 4.92 Å². The monoisotopic (exact) mass is 381 g/mol. The lowest BCUT2D eigenvalue weighted by atomic mass is 10.2. The number of nitro groups is 1. The molecule has 9 heteroatoms. The molecule has 2 aromatic carbocycles. The molecule has 0 saturated heterocycles. The number of nitro benzene ring substituents is 1. The van der Waals surface area contributed by atoms with Crippen LogP contribution in [0.2, 0.25) is 5.02 Å². The van der Waals surface area contributed by atoms with Gasteiger partial charge < -0.3 is 0 Å². The number of rotatable bonds is 4. The van der Waals surface area contributed by atoms with Crippen LogP contribution in [0, 0.1) is 10.1 Å². The highest BCUT2D eigenvalue weighted by Gasteiger charge is 2.19. The fraction of sp³-hybridized carbons (Fsp3) is 0.0556. The molecule has 0 bridgehead atoms. The summed E-state index contributed by atoms with van der Waals surface area (Å²) in [5, 5.41) is 16.3. The van der Waals surface area contributed by atoms with Gasteiger partial charge in [-0.1, -0.05) is 35.9 Å². The summed E-state index contributed by atoms with van der Waals surface area (Å²) >= 11 is 5.88. The van der Waals surface area contributed by atoms with Crippen LogP contribution >= 0.6 is 11.6 Å². The zero-order chi connectivity index (χ0) is 19.0. The Labute approximate surface area is 157 Å². The second kappa shape index (κ2) is 6.65. The van der Waals surface area contributed by atoms with Gasteiger partial charge in [0.2, 0.25) is 0 Å². The maximum absolute atomic E-state index is 12.8. The summed E-state index contributed by atoms with van der Waals surface area (Å²) in [5.74, 6) is 0. The first kappa shape index (κ1) is 16.9. The van der Waals surface area contributed by atoms with E-state index in [1.165, 1.54) is 27.8 Å². The van der Waals surface area contributed by atoms with Gasteiger partial charge in [-0.3, -0.25) is 19.5 Å². The molecule has 4 rings (SSSR count). The molecule has 0 aliphatic heterocycles. The molecular formula is C18H12ClN5O3. The Morgan fingerprint density at radius 2 is 1.85 bits per heavy atom. The summed E-state index contributed by atoms with van der Waals surface area (Å²) in [6.07, 6.45) is 2.78. The van der Waals surface area contributed by atoms with Gasteiger partial charge in [0.05, 0.1) is 17.7 Å². The van der Waals surface area contributed by atoms with E-state index in [-0.39, 0.29) is 28.0 Å². The number of nitrogens with zero attached hydrogens (tertiary/aromatic N) is 5. The third-order valence-electron chi connectivity index (χ3n) is 4.13. The van der Waals surface area contributed by atoms with Gasteiger partial charge in [-0.05, 0) is 23.8 Å². The molecule has 27 heavy (non-hydrogen) atoms. The maximum atomic E-state index is 12.8. The average Bonchev–Trinajstić information content (AvgIpc) is 3.10. The number of para-hydroxylation sites is 2. The van der Waals surface area contributed by atoms with Crippen LogP contribution < -0.4 is 5.56 Å². The second-order valence-electron chi connectivity index (χ2n) is 5.84. The zero-order valence-electron chi connectivity index (χ0n) is 13.8. The summed E-state index contributed by atoms with van der Waals surface area (Å²) < 4.78 is 2.76. The standard InChI is InChI=1S/C18H12ClN5O3/c19-13-7-5-12(6-8-13)10-22-11-20-17-14(18(22)25)9-21-23(17)15-3-1-2-4-16(15)24(26)27/h1-9,11H,10H2. The highest BCUT2D eigenvalue weighted by atomic mass is 35.5. The van der Waals surface area contributed by atoms with Crippen LogP contribution in [0.4, 0.5) is 5.69 Å². The summed E-state index contributed by atoms with van der Waals surface area (Å²) in [7, 11) is 0. The fourth-order valence-corrected chi connectivity index (χ4v) is 2.95. The van der Waals surface area contributed by atoms with Gasteiger partial charge in [-0.2, -0.15) is 5.10 Å². The Bertz CT molecular complexity index is 1210. The Kier molecular flexibility index (Phi) is 4.17. The Hall–Kier alpha value is -3.52. The van der Waals surface area contributed by atoms with Crippen molar-refractivity contribution in [2.24, 2.45) is 0 Å². The average molecular weight is 382 g/mol. The number of hydrogen-bond donors (Lipinski definition) is 0. The van der Waals surface area contributed by atoms with Crippen molar-refractivity contribution in [3.8, 4) is 5.69 Å². The molecule has 0 radical (unpaired) electrons. The molecule has 0 spiro atoms.